The first kappa shape index (κ1) is 40.3. The second-order valence-corrected chi connectivity index (χ2v) is 15.9. The van der Waals surface area contributed by atoms with Crippen LogP contribution in [0.4, 0.5) is 9.59 Å². The van der Waals surface area contributed by atoms with Crippen molar-refractivity contribution >= 4 is 45.8 Å². The molecule has 0 unspecified atom stereocenters. The number of rotatable bonds is 13. The maximum absolute atomic E-state index is 13.7. The van der Waals surface area contributed by atoms with Crippen LogP contribution in [0.1, 0.15) is 77.1 Å². The Balaban J connectivity index is 1.16. The van der Waals surface area contributed by atoms with Gasteiger partial charge < -0.3 is 49.5 Å². The molecule has 0 spiro atoms. The summed E-state index contributed by atoms with van der Waals surface area (Å²) in [6.45, 7) is 9.68. The minimum Gasteiger partial charge on any atom is -0.465 e. The second kappa shape index (κ2) is 16.9. The molecule has 16 nitrogen and oxygen atoms in total. The van der Waals surface area contributed by atoms with Crippen LogP contribution in [0.5, 0.6) is 0 Å². The highest BCUT2D eigenvalue weighted by Gasteiger charge is 2.39. The number of benzene rings is 2. The van der Waals surface area contributed by atoms with Crippen LogP contribution in [0.3, 0.4) is 0 Å². The van der Waals surface area contributed by atoms with E-state index in [1.807, 2.05) is 33.9 Å². The van der Waals surface area contributed by atoms with Gasteiger partial charge in [0.1, 0.15) is 23.7 Å². The molecule has 16 heteroatoms. The summed E-state index contributed by atoms with van der Waals surface area (Å²) in [6.07, 6.45) is 4.85. The Morgan fingerprint density at radius 3 is 1.69 bits per heavy atom. The summed E-state index contributed by atoms with van der Waals surface area (Å²) < 4.78 is 12.6. The van der Waals surface area contributed by atoms with Crippen molar-refractivity contribution in [2.45, 2.75) is 84.1 Å². The molecule has 3 aromatic heterocycles. The molecule has 0 bridgehead atoms. The molecule has 58 heavy (non-hydrogen) atoms. The number of nitrogens with one attached hydrogen (secondary N) is 4. The molecule has 4 atom stereocenters. The number of methoxy groups -OCH3 is 2. The van der Waals surface area contributed by atoms with Crippen LogP contribution in [-0.4, -0.2) is 109 Å². The van der Waals surface area contributed by atoms with Gasteiger partial charge in [0.05, 0.1) is 49.6 Å². The standard InChI is InChI=1S/C42H53N9O7/c1-23(2)35(47-41(54)55)39(52)50-15-7-9-31(50)37-43-21-29(45-37)25-11-13-27-28-14-12-26(20-34(28)49(17-18-57-5)33(27)19-25)30-22-44-38(46-30)32-10-8-16-51(32)40(53)36(24(3)4)48-42(56)58-6/h11-14,19-24,31-32,35-36,47H,7-10,15-18H2,1-6H3,(H,43,45)(H,44,46)(H,48,56)(H,54,55)/t31-,32-,35-,36-/m0/s1. The van der Waals surface area contributed by atoms with Gasteiger partial charge in [-0.2, -0.15) is 0 Å². The van der Waals surface area contributed by atoms with Crippen LogP contribution < -0.4 is 10.6 Å². The van der Waals surface area contributed by atoms with Crippen LogP contribution in [0.2, 0.25) is 0 Å². The molecule has 5 heterocycles. The fourth-order valence-corrected chi connectivity index (χ4v) is 8.49. The normalized spacial score (nSPS) is 18.1. The van der Waals surface area contributed by atoms with Gasteiger partial charge in [0.2, 0.25) is 11.8 Å². The Morgan fingerprint density at radius 1 is 0.776 bits per heavy atom. The highest BCUT2D eigenvalue weighted by Crippen LogP contribution is 2.38. The van der Waals surface area contributed by atoms with Gasteiger partial charge in [-0.3, -0.25) is 9.59 Å². The van der Waals surface area contributed by atoms with Crippen LogP contribution in [0.25, 0.3) is 44.3 Å². The van der Waals surface area contributed by atoms with Gasteiger partial charge in [0.15, 0.2) is 0 Å². The highest BCUT2D eigenvalue weighted by molar-refractivity contribution is 6.10. The number of carbonyl (C=O) groups is 4. The van der Waals surface area contributed by atoms with Crippen molar-refractivity contribution in [1.29, 1.82) is 0 Å². The number of hydrogen-bond donors (Lipinski definition) is 5. The van der Waals surface area contributed by atoms with Crippen molar-refractivity contribution in [2.24, 2.45) is 11.8 Å². The largest absolute Gasteiger partial charge is 0.465 e. The van der Waals surface area contributed by atoms with Gasteiger partial charge in [0.25, 0.3) is 0 Å². The minimum atomic E-state index is -1.22. The van der Waals surface area contributed by atoms with Gasteiger partial charge >= 0.3 is 12.2 Å². The first-order valence-electron chi connectivity index (χ1n) is 20.0. The molecule has 7 rings (SSSR count). The number of H-pyrrole nitrogens is 2. The van der Waals surface area contributed by atoms with E-state index in [2.05, 4.69) is 61.6 Å². The number of alkyl carbamates (subject to hydrolysis) is 1. The van der Waals surface area contributed by atoms with E-state index >= 15 is 0 Å². The SMILES string of the molecule is COCCn1c2cc(-c3cnc([C@@H]4CCCN4C(=O)[C@@H](NC(=O)O)C(C)C)[nH]3)ccc2c2ccc(-c3cnc([C@@H]4CCCN4C(=O)[C@@H](NC(=O)OC)C(C)C)[nH]3)cc21. The highest BCUT2D eigenvalue weighted by atomic mass is 16.5. The third-order valence-corrected chi connectivity index (χ3v) is 11.5. The number of aromatic amines is 2. The van der Waals surface area contributed by atoms with Crippen LogP contribution >= 0.6 is 0 Å². The Morgan fingerprint density at radius 2 is 1.26 bits per heavy atom. The minimum absolute atomic E-state index is 0.126. The van der Waals surface area contributed by atoms with Crippen LogP contribution in [0, 0.1) is 11.8 Å². The van der Waals surface area contributed by atoms with Gasteiger partial charge in [-0.25, -0.2) is 19.6 Å². The lowest BCUT2D eigenvalue weighted by atomic mass is 10.0. The lowest BCUT2D eigenvalue weighted by Gasteiger charge is -2.30. The van der Waals surface area contributed by atoms with Crippen molar-refractivity contribution in [2.75, 3.05) is 33.9 Å². The zero-order chi connectivity index (χ0) is 41.2. The second-order valence-electron chi connectivity index (χ2n) is 15.9. The number of ether oxygens (including phenoxy) is 2. The molecule has 0 saturated carbocycles. The number of hydrogen-bond acceptors (Lipinski definition) is 8. The number of carboxylic acid groups (broad SMARTS) is 1. The number of aromatic nitrogens is 5. The summed E-state index contributed by atoms with van der Waals surface area (Å²) in [4.78, 5) is 70.8. The van der Waals surface area contributed by atoms with Crippen molar-refractivity contribution < 1.29 is 33.8 Å². The lowest BCUT2D eigenvalue weighted by molar-refractivity contribution is -0.136. The maximum Gasteiger partial charge on any atom is 0.407 e. The molecule has 4 amide bonds. The summed E-state index contributed by atoms with van der Waals surface area (Å²) in [6, 6.07) is 10.6. The first-order valence-corrected chi connectivity index (χ1v) is 20.0. The summed E-state index contributed by atoms with van der Waals surface area (Å²) in [7, 11) is 2.97. The smallest absolute Gasteiger partial charge is 0.407 e. The van der Waals surface area contributed by atoms with Gasteiger partial charge in [-0.05, 0) is 49.7 Å². The van der Waals surface area contributed by atoms with Crippen molar-refractivity contribution in [3.63, 3.8) is 0 Å². The van der Waals surface area contributed by atoms with E-state index in [9.17, 15) is 24.3 Å². The number of carbonyl (C=O) groups excluding carboxylic acids is 3. The molecule has 2 aromatic carbocycles. The number of amides is 4. The first-order chi connectivity index (χ1) is 27.9. The van der Waals surface area contributed by atoms with Gasteiger partial charge in [-0.15, -0.1) is 0 Å². The number of likely N-dealkylation sites (tertiary alicyclic amines) is 2. The lowest BCUT2D eigenvalue weighted by Crippen LogP contribution is -2.51. The average molecular weight is 796 g/mol. The predicted molar refractivity (Wildman–Crippen MR) is 218 cm³/mol. The number of fused-ring (bicyclic) bond motifs is 3. The Bertz CT molecular complexity index is 2310. The van der Waals surface area contributed by atoms with E-state index in [-0.39, 0.29) is 35.7 Å². The molecular weight excluding hydrogens is 743 g/mol. The topological polar surface area (TPSA) is 200 Å². The molecule has 0 radical (unpaired) electrons. The van der Waals surface area contributed by atoms with E-state index < -0.39 is 24.3 Å². The molecule has 2 saturated heterocycles. The van der Waals surface area contributed by atoms with Crippen molar-refractivity contribution in [3.05, 3.63) is 60.4 Å². The molecular formula is C42H53N9O7. The third-order valence-electron chi connectivity index (χ3n) is 11.5. The van der Waals surface area contributed by atoms with E-state index in [4.69, 9.17) is 19.4 Å². The summed E-state index contributed by atoms with van der Waals surface area (Å²) >= 11 is 0. The number of imidazole rings is 2. The monoisotopic (exact) mass is 795 g/mol. The van der Waals surface area contributed by atoms with E-state index in [0.29, 0.717) is 37.9 Å². The Labute approximate surface area is 336 Å². The molecule has 5 N–H and O–H groups in total. The quantitative estimate of drug-likeness (QED) is 0.0918. The molecule has 2 aliphatic heterocycles. The third kappa shape index (κ3) is 7.84. The molecule has 2 fully saturated rings. The molecule has 0 aliphatic carbocycles. The van der Waals surface area contributed by atoms with Crippen molar-refractivity contribution in [1.82, 2.24) is 44.9 Å². The van der Waals surface area contributed by atoms with Crippen LogP contribution in [-0.2, 0) is 25.6 Å². The van der Waals surface area contributed by atoms with E-state index in [1.54, 1.807) is 23.1 Å². The summed E-state index contributed by atoms with van der Waals surface area (Å²) in [5.41, 5.74) is 5.59. The fraction of sp³-hybridized carbons (Fsp3) is 0.476. The van der Waals surface area contributed by atoms with E-state index in [1.165, 1.54) is 7.11 Å². The van der Waals surface area contributed by atoms with Crippen LogP contribution in [0.15, 0.2) is 48.8 Å². The fourth-order valence-electron chi connectivity index (χ4n) is 8.49. The average Bonchev–Trinajstić information content (AvgIpc) is 4.06. The van der Waals surface area contributed by atoms with Crippen molar-refractivity contribution in [3.8, 4) is 22.5 Å². The Hall–Kier alpha value is -5.90. The van der Waals surface area contributed by atoms with E-state index in [0.717, 1.165) is 70.0 Å². The van der Waals surface area contributed by atoms with Gasteiger partial charge in [0, 0.05) is 59.7 Å². The predicted octanol–water partition coefficient (Wildman–Crippen LogP) is 6.22. The number of nitrogens with zero attached hydrogens (tertiary/aromatic N) is 5. The zero-order valence-corrected chi connectivity index (χ0v) is 33.9. The maximum atomic E-state index is 13.7. The Kier molecular flexibility index (Phi) is 11.7. The summed E-state index contributed by atoms with van der Waals surface area (Å²) in [5, 5.41) is 16.7. The molecule has 308 valence electrons. The molecule has 5 aromatic rings. The van der Waals surface area contributed by atoms with Gasteiger partial charge in [-0.1, -0.05) is 52.0 Å². The summed E-state index contributed by atoms with van der Waals surface area (Å²) in [5.74, 6) is 0.642. The zero-order valence-electron chi connectivity index (χ0n) is 33.9. The molecule has 2 aliphatic rings.